The zero-order valence-electron chi connectivity index (χ0n) is 29.2. The molecule has 0 aromatic heterocycles. The number of carbonyl (C=O) groups excluding carboxylic acids is 2. The van der Waals surface area contributed by atoms with Gasteiger partial charge in [0.05, 0.1) is 0 Å². The van der Waals surface area contributed by atoms with Gasteiger partial charge in [-0.3, -0.25) is 0 Å². The van der Waals surface area contributed by atoms with Crippen molar-refractivity contribution in [1.82, 2.24) is 0 Å². The molecule has 2 saturated carbocycles. The maximum absolute atomic E-state index is 11.8. The second-order valence-electron chi connectivity index (χ2n) is 16.3. The van der Waals surface area contributed by atoms with Crippen molar-refractivity contribution >= 4 is 35.0 Å². The number of hydrogen-bond donors (Lipinski definition) is 0. The molecule has 4 aliphatic carbocycles. The van der Waals surface area contributed by atoms with Gasteiger partial charge in [-0.05, 0) is 119 Å². The molecule has 0 aliphatic heterocycles. The van der Waals surface area contributed by atoms with Crippen LogP contribution in [0.4, 0.5) is 0 Å². The van der Waals surface area contributed by atoms with Crippen LogP contribution < -0.4 is 10.2 Å². The van der Waals surface area contributed by atoms with E-state index in [9.17, 15) is 19.8 Å². The third-order valence-corrected chi connectivity index (χ3v) is 13.0. The number of carbonyl (C=O) groups is 2. The molecule has 0 radical (unpaired) electrons. The van der Waals surface area contributed by atoms with Crippen molar-refractivity contribution in [3.63, 3.8) is 0 Å². The Labute approximate surface area is 288 Å². The van der Waals surface area contributed by atoms with Gasteiger partial charge in [-0.2, -0.15) is 0 Å². The average Bonchev–Trinajstić information content (AvgIpc) is 2.96. The first-order valence-corrected chi connectivity index (χ1v) is 17.3. The second-order valence-corrected chi connectivity index (χ2v) is 16.3. The first-order valence-electron chi connectivity index (χ1n) is 17.3. The topological polar surface area (TPSA) is 80.3 Å². The molecule has 0 bridgehead atoms. The molecule has 6 rings (SSSR count). The van der Waals surface area contributed by atoms with E-state index in [4.69, 9.17) is 0 Å². The van der Waals surface area contributed by atoms with E-state index in [2.05, 4.69) is 77.9 Å². The first-order chi connectivity index (χ1) is 20.6. The van der Waals surface area contributed by atoms with Gasteiger partial charge in [0.25, 0.3) is 0 Å². The first kappa shape index (κ1) is 36.0. The largest absolute Gasteiger partial charge is 2.00 e. The fourth-order valence-electron chi connectivity index (χ4n) is 10.2. The third-order valence-electron chi connectivity index (χ3n) is 13.0. The summed E-state index contributed by atoms with van der Waals surface area (Å²) in [6.07, 6.45) is 9.59. The van der Waals surface area contributed by atoms with Gasteiger partial charge in [0.2, 0.25) is 0 Å². The van der Waals surface area contributed by atoms with Crippen LogP contribution in [0.5, 0.6) is 0 Å². The smallest absolute Gasteiger partial charge is 0.550 e. The van der Waals surface area contributed by atoms with E-state index >= 15 is 0 Å². The molecule has 2 fully saturated rings. The molecule has 2 aromatic rings. The quantitative estimate of drug-likeness (QED) is 0.353. The fraction of sp³-hybridized carbons (Fsp3) is 0.650. The van der Waals surface area contributed by atoms with Crippen LogP contribution in [0.2, 0.25) is 0 Å². The molecule has 45 heavy (non-hydrogen) atoms. The minimum atomic E-state index is -0.856. The summed E-state index contributed by atoms with van der Waals surface area (Å²) in [6.45, 7) is 17.3. The van der Waals surface area contributed by atoms with Crippen LogP contribution in [0.15, 0.2) is 36.4 Å². The molecule has 0 amide bonds. The van der Waals surface area contributed by atoms with Crippen molar-refractivity contribution in [2.75, 3.05) is 0 Å². The van der Waals surface area contributed by atoms with E-state index in [1.807, 2.05) is 13.8 Å². The van der Waals surface area contributed by atoms with Crippen LogP contribution in [0, 0.1) is 22.7 Å². The number of rotatable bonds is 4. The number of aryl methyl sites for hydroxylation is 2. The fourth-order valence-corrected chi connectivity index (χ4v) is 10.2. The standard InChI is InChI=1S/2C20H28O2.Mg/c2*1-13(2)14-6-8-16-15(12-14)7-9-17-19(16,3)10-5-11-20(17,4)18(21)22;/h2*6,8,12-13,17H,5,7,9-11H2,1-4H3,(H,21,22);/q;;+2/p-2. The minimum absolute atomic E-state index is 0. The summed E-state index contributed by atoms with van der Waals surface area (Å²) in [5.41, 5.74) is 7.04. The molecule has 0 heterocycles. The molecule has 6 unspecified atom stereocenters. The van der Waals surface area contributed by atoms with Gasteiger partial charge in [0.15, 0.2) is 0 Å². The van der Waals surface area contributed by atoms with Gasteiger partial charge in [-0.15, -0.1) is 0 Å². The molecule has 4 nitrogen and oxygen atoms in total. The maximum Gasteiger partial charge on any atom is 2.00 e. The Morgan fingerprint density at radius 3 is 1.31 bits per heavy atom. The van der Waals surface area contributed by atoms with Crippen molar-refractivity contribution in [2.45, 2.75) is 142 Å². The summed E-state index contributed by atoms with van der Waals surface area (Å²) in [5.74, 6) is -0.255. The van der Waals surface area contributed by atoms with E-state index < -0.39 is 22.8 Å². The molecule has 2 aromatic carbocycles. The number of aliphatic carboxylic acids is 2. The van der Waals surface area contributed by atoms with Crippen LogP contribution in [0.3, 0.4) is 0 Å². The van der Waals surface area contributed by atoms with Crippen LogP contribution in [0.1, 0.15) is 152 Å². The number of carboxylic acids is 2. The molecule has 0 saturated heterocycles. The second kappa shape index (κ2) is 13.0. The Kier molecular flexibility index (Phi) is 10.4. The van der Waals surface area contributed by atoms with E-state index in [1.165, 1.54) is 33.4 Å². The van der Waals surface area contributed by atoms with Crippen molar-refractivity contribution in [2.24, 2.45) is 22.7 Å². The predicted octanol–water partition coefficient (Wildman–Crippen LogP) is 6.76. The van der Waals surface area contributed by atoms with E-state index in [0.717, 1.165) is 64.2 Å². The van der Waals surface area contributed by atoms with Gasteiger partial charge in [0, 0.05) is 22.8 Å². The summed E-state index contributed by atoms with van der Waals surface area (Å²) >= 11 is 0. The Morgan fingerprint density at radius 2 is 1.00 bits per heavy atom. The summed E-state index contributed by atoms with van der Waals surface area (Å²) < 4.78 is 0. The van der Waals surface area contributed by atoms with Gasteiger partial charge in [-0.1, -0.05) is 105 Å². The van der Waals surface area contributed by atoms with Crippen molar-refractivity contribution < 1.29 is 19.8 Å². The van der Waals surface area contributed by atoms with E-state index in [1.54, 1.807) is 0 Å². The monoisotopic (exact) mass is 622 g/mol. The maximum atomic E-state index is 11.8. The number of hydrogen-bond acceptors (Lipinski definition) is 4. The van der Waals surface area contributed by atoms with Crippen LogP contribution in [-0.4, -0.2) is 35.0 Å². The third kappa shape index (κ3) is 6.03. The molecule has 5 heteroatoms. The molecular formula is C40H54MgO4. The van der Waals surface area contributed by atoms with E-state index in [0.29, 0.717) is 11.8 Å². The average molecular weight is 623 g/mol. The minimum Gasteiger partial charge on any atom is -0.550 e. The predicted molar refractivity (Wildman–Crippen MR) is 179 cm³/mol. The van der Waals surface area contributed by atoms with Gasteiger partial charge >= 0.3 is 23.1 Å². The van der Waals surface area contributed by atoms with Crippen LogP contribution in [0.25, 0.3) is 0 Å². The Bertz CT molecular complexity index is 1320. The van der Waals surface area contributed by atoms with Gasteiger partial charge in [0.1, 0.15) is 0 Å². The summed E-state index contributed by atoms with van der Waals surface area (Å²) in [5, 5.41) is 23.6. The summed E-state index contributed by atoms with van der Waals surface area (Å²) in [7, 11) is 0. The van der Waals surface area contributed by atoms with E-state index in [-0.39, 0.29) is 45.7 Å². The number of benzene rings is 2. The molecule has 240 valence electrons. The molecule has 6 atom stereocenters. The Balaban J connectivity index is 0.000000200. The van der Waals surface area contributed by atoms with Crippen LogP contribution >= 0.6 is 0 Å². The van der Waals surface area contributed by atoms with Crippen molar-refractivity contribution in [1.29, 1.82) is 0 Å². The molecule has 0 N–H and O–H groups in total. The zero-order valence-corrected chi connectivity index (χ0v) is 30.6. The van der Waals surface area contributed by atoms with Crippen molar-refractivity contribution in [3.8, 4) is 0 Å². The summed E-state index contributed by atoms with van der Waals surface area (Å²) in [6, 6.07) is 13.7. The SMILES string of the molecule is CC(C)c1ccc2c(c1)CCC1C(C)(C(=O)[O-])CCCC21C.CC(C)c1ccc2c(c1)CCC1C(C)(C(=O)[O-])CCCC21C.[Mg+2]. The molecular weight excluding hydrogens is 569 g/mol. The summed E-state index contributed by atoms with van der Waals surface area (Å²) in [4.78, 5) is 23.6. The van der Waals surface area contributed by atoms with Crippen molar-refractivity contribution in [3.05, 3.63) is 69.8 Å². The van der Waals surface area contributed by atoms with Gasteiger partial charge < -0.3 is 19.8 Å². The Hall–Kier alpha value is -1.85. The zero-order chi connectivity index (χ0) is 32.2. The van der Waals surface area contributed by atoms with Gasteiger partial charge in [-0.25, -0.2) is 0 Å². The normalized spacial score (nSPS) is 33.4. The number of fused-ring (bicyclic) bond motifs is 6. The number of carboxylic acid groups (broad SMARTS) is 2. The molecule has 0 spiro atoms. The Morgan fingerprint density at radius 1 is 0.644 bits per heavy atom. The molecule has 4 aliphatic rings. The van der Waals surface area contributed by atoms with Crippen LogP contribution in [-0.2, 0) is 33.3 Å².